The average molecular weight is 306 g/mol. The van der Waals surface area contributed by atoms with E-state index in [-0.39, 0.29) is 71.0 Å². The maximum Gasteiger partial charge on any atom is 3.00 e. The Morgan fingerprint density at radius 3 is 1.67 bits per heavy atom. The summed E-state index contributed by atoms with van der Waals surface area (Å²) in [4.78, 5) is 0. The van der Waals surface area contributed by atoms with Gasteiger partial charge in [0.1, 0.15) is 0 Å². The molecule has 0 saturated carbocycles. The van der Waals surface area contributed by atoms with E-state index >= 15 is 0 Å². The van der Waals surface area contributed by atoms with Crippen LogP contribution in [0.4, 0.5) is 0 Å². The van der Waals surface area contributed by atoms with Gasteiger partial charge in [-0.15, -0.1) is 0 Å². The van der Waals surface area contributed by atoms with Crippen molar-refractivity contribution in [2.75, 3.05) is 6.61 Å². The largest absolute Gasteiger partial charge is 3.00 e. The molecular formula is C10H16Cl3OTi. The molecule has 0 heterocycles. The van der Waals surface area contributed by atoms with Crippen LogP contribution in [0.5, 0.6) is 0 Å². The molecule has 1 N–H and O–H groups in total. The zero-order valence-electron chi connectivity index (χ0n) is 9.37. The molecule has 0 amide bonds. The Kier molecular flexibility index (Phi) is 15.2. The van der Waals surface area contributed by atoms with E-state index in [0.717, 1.165) is 0 Å². The minimum Gasteiger partial charge on any atom is -1.00 e. The SMILES string of the molecule is CC1=CC(C)(CO)C(C)=C1C.[Cl-].[Cl-].[Cl-].[Ti+3]. The third kappa shape index (κ3) is 4.81. The van der Waals surface area contributed by atoms with Crippen LogP contribution in [-0.4, -0.2) is 11.7 Å². The summed E-state index contributed by atoms with van der Waals surface area (Å²) in [6.45, 7) is 8.59. The van der Waals surface area contributed by atoms with Crippen LogP contribution in [0.3, 0.4) is 0 Å². The molecular weight excluding hydrogens is 290 g/mol. The first-order chi connectivity index (χ1) is 5.01. The van der Waals surface area contributed by atoms with E-state index in [1.54, 1.807) is 0 Å². The monoisotopic (exact) mass is 305 g/mol. The summed E-state index contributed by atoms with van der Waals surface area (Å²) in [6.07, 6.45) is 2.15. The molecule has 1 rings (SSSR count). The zero-order chi connectivity index (χ0) is 8.65. The van der Waals surface area contributed by atoms with Gasteiger partial charge in [0.05, 0.1) is 6.61 Å². The fourth-order valence-corrected chi connectivity index (χ4v) is 1.58. The Bertz CT molecular complexity index is 251. The molecule has 15 heavy (non-hydrogen) atoms. The molecule has 5 heteroatoms. The summed E-state index contributed by atoms with van der Waals surface area (Å²) in [5.74, 6) is 0. The maximum absolute atomic E-state index is 9.15. The summed E-state index contributed by atoms with van der Waals surface area (Å²) in [7, 11) is 0. The first-order valence-corrected chi connectivity index (χ1v) is 4.00. The van der Waals surface area contributed by atoms with Crippen LogP contribution in [-0.2, 0) is 21.7 Å². The van der Waals surface area contributed by atoms with Crippen molar-refractivity contribution in [1.82, 2.24) is 0 Å². The van der Waals surface area contributed by atoms with Crippen LogP contribution in [0.1, 0.15) is 27.7 Å². The predicted molar refractivity (Wildman–Crippen MR) is 47.3 cm³/mol. The summed E-state index contributed by atoms with van der Waals surface area (Å²) in [6, 6.07) is 0. The molecule has 0 aromatic carbocycles. The van der Waals surface area contributed by atoms with Gasteiger partial charge in [-0.2, -0.15) is 0 Å². The first-order valence-electron chi connectivity index (χ1n) is 4.00. The van der Waals surface area contributed by atoms with Crippen molar-refractivity contribution in [3.05, 3.63) is 22.8 Å². The maximum atomic E-state index is 9.15. The van der Waals surface area contributed by atoms with Crippen LogP contribution in [0.15, 0.2) is 22.8 Å². The van der Waals surface area contributed by atoms with Gasteiger partial charge in [-0.1, -0.05) is 24.1 Å². The quantitative estimate of drug-likeness (QED) is 0.478. The molecule has 0 aliphatic heterocycles. The zero-order valence-corrected chi connectivity index (χ0v) is 13.2. The number of hydrogen-bond donors (Lipinski definition) is 1. The van der Waals surface area contributed by atoms with Gasteiger partial charge in [0.15, 0.2) is 0 Å². The fourth-order valence-electron chi connectivity index (χ4n) is 1.58. The molecule has 0 spiro atoms. The van der Waals surface area contributed by atoms with E-state index in [1.165, 1.54) is 16.7 Å². The van der Waals surface area contributed by atoms with E-state index in [9.17, 15) is 0 Å². The molecule has 87 valence electrons. The van der Waals surface area contributed by atoms with Crippen LogP contribution in [0, 0.1) is 5.41 Å². The second kappa shape index (κ2) is 9.10. The number of allylic oxidation sites excluding steroid dienone is 2. The van der Waals surface area contributed by atoms with Gasteiger partial charge in [0.25, 0.3) is 0 Å². The molecule has 0 aromatic heterocycles. The molecule has 1 aliphatic carbocycles. The van der Waals surface area contributed by atoms with Gasteiger partial charge in [-0.05, 0) is 26.3 Å². The van der Waals surface area contributed by atoms with E-state index in [2.05, 4.69) is 33.8 Å². The molecule has 0 aromatic rings. The Morgan fingerprint density at radius 2 is 1.53 bits per heavy atom. The van der Waals surface area contributed by atoms with Crippen molar-refractivity contribution in [3.8, 4) is 0 Å². The molecule has 0 fully saturated rings. The topological polar surface area (TPSA) is 20.2 Å². The smallest absolute Gasteiger partial charge is 1.00 e. The first kappa shape index (κ1) is 25.0. The summed E-state index contributed by atoms with van der Waals surface area (Å²) < 4.78 is 0. The molecule has 1 aliphatic rings. The molecule has 1 atom stereocenters. The molecule has 1 nitrogen and oxygen atoms in total. The van der Waals surface area contributed by atoms with Crippen molar-refractivity contribution in [1.29, 1.82) is 0 Å². The number of rotatable bonds is 1. The minimum absolute atomic E-state index is 0. The number of hydrogen-bond acceptors (Lipinski definition) is 1. The molecule has 1 unspecified atom stereocenters. The van der Waals surface area contributed by atoms with Crippen molar-refractivity contribution in [2.24, 2.45) is 5.41 Å². The number of aliphatic hydroxyl groups is 1. The Labute approximate surface area is 126 Å². The van der Waals surface area contributed by atoms with Gasteiger partial charge in [-0.3, -0.25) is 0 Å². The number of aliphatic hydroxyl groups excluding tert-OH is 1. The Morgan fingerprint density at radius 1 is 1.13 bits per heavy atom. The average Bonchev–Trinajstić information content (AvgIpc) is 2.17. The van der Waals surface area contributed by atoms with E-state index in [1.807, 2.05) is 0 Å². The standard InChI is InChI=1S/C10H16O.3ClH.Ti/c1-7-5-10(4,6-11)9(3)8(7)2;;;;/h5,11H,6H2,1-4H3;3*1H;/q;;;;+3/p-3. The normalized spacial score (nSPS) is 22.9. The van der Waals surface area contributed by atoms with Gasteiger partial charge in [-0.25, -0.2) is 0 Å². The van der Waals surface area contributed by atoms with Crippen LogP contribution < -0.4 is 37.2 Å². The fraction of sp³-hybridized carbons (Fsp3) is 0.600. The van der Waals surface area contributed by atoms with Crippen LogP contribution in [0.25, 0.3) is 0 Å². The minimum atomic E-state index is -0.0891. The van der Waals surface area contributed by atoms with Gasteiger partial charge < -0.3 is 42.3 Å². The molecule has 0 saturated heterocycles. The van der Waals surface area contributed by atoms with Gasteiger partial charge >= 0.3 is 21.7 Å². The van der Waals surface area contributed by atoms with Crippen molar-refractivity contribution in [2.45, 2.75) is 27.7 Å². The van der Waals surface area contributed by atoms with E-state index in [0.29, 0.717) is 0 Å². The van der Waals surface area contributed by atoms with Gasteiger partial charge in [0, 0.05) is 5.41 Å². The predicted octanol–water partition coefficient (Wildman–Crippen LogP) is -6.71. The van der Waals surface area contributed by atoms with Gasteiger partial charge in [0.2, 0.25) is 0 Å². The van der Waals surface area contributed by atoms with Crippen molar-refractivity contribution < 1.29 is 64.0 Å². The van der Waals surface area contributed by atoms with Crippen molar-refractivity contribution in [3.63, 3.8) is 0 Å². The third-order valence-corrected chi connectivity index (χ3v) is 2.87. The second-order valence-corrected chi connectivity index (χ2v) is 3.65. The van der Waals surface area contributed by atoms with Crippen LogP contribution >= 0.6 is 0 Å². The second-order valence-electron chi connectivity index (χ2n) is 3.65. The molecule has 1 radical (unpaired) electrons. The van der Waals surface area contributed by atoms with Crippen LogP contribution in [0.2, 0.25) is 0 Å². The Hall–Kier alpha value is 1.02. The summed E-state index contributed by atoms with van der Waals surface area (Å²) in [5, 5.41) is 9.15. The van der Waals surface area contributed by atoms with Crippen molar-refractivity contribution >= 4 is 0 Å². The van der Waals surface area contributed by atoms with E-state index in [4.69, 9.17) is 5.11 Å². The third-order valence-electron chi connectivity index (χ3n) is 2.87. The number of halogens is 3. The van der Waals surface area contributed by atoms with E-state index < -0.39 is 0 Å². The summed E-state index contributed by atoms with van der Waals surface area (Å²) >= 11 is 0. The summed E-state index contributed by atoms with van der Waals surface area (Å²) in [5.41, 5.74) is 3.85. The molecule has 0 bridgehead atoms. The Balaban J connectivity index is -0.000000151.